The Morgan fingerprint density at radius 1 is 1.00 bits per heavy atom. The van der Waals surface area contributed by atoms with Crippen molar-refractivity contribution in [1.29, 1.82) is 0 Å². The van der Waals surface area contributed by atoms with Gasteiger partial charge in [0.2, 0.25) is 0 Å². The molecule has 0 spiro atoms. The van der Waals surface area contributed by atoms with Gasteiger partial charge >= 0.3 is 0 Å². The monoisotopic (exact) mass is 308 g/mol. The second kappa shape index (κ2) is 4.17. The maximum atomic E-state index is 13.9. The maximum Gasteiger partial charge on any atom is 0.149 e. The van der Waals surface area contributed by atoms with Crippen LogP contribution in [-0.4, -0.2) is 9.78 Å². The molecule has 2 nitrogen and oxygen atoms in total. The smallest absolute Gasteiger partial charge is 0.149 e. The van der Waals surface area contributed by atoms with Crippen LogP contribution in [0.5, 0.6) is 0 Å². The fourth-order valence-electron chi connectivity index (χ4n) is 1.85. The van der Waals surface area contributed by atoms with Crippen LogP contribution in [0.1, 0.15) is 0 Å². The lowest BCUT2D eigenvalue weighted by molar-refractivity contribution is 0.625. The molecule has 0 fully saturated rings. The minimum absolute atomic E-state index is 0.336. The van der Waals surface area contributed by atoms with E-state index in [2.05, 4.69) is 21.0 Å². The fraction of sp³-hybridized carbons (Fsp3) is 0. The molecule has 0 N–H and O–H groups in total. The highest BCUT2D eigenvalue weighted by molar-refractivity contribution is 9.10. The van der Waals surface area contributed by atoms with Crippen molar-refractivity contribution in [2.45, 2.75) is 0 Å². The summed E-state index contributed by atoms with van der Waals surface area (Å²) in [6.45, 7) is 0. The van der Waals surface area contributed by atoms with Gasteiger partial charge in [-0.1, -0.05) is 15.9 Å². The molecule has 5 heteroatoms. The van der Waals surface area contributed by atoms with Crippen molar-refractivity contribution >= 4 is 26.8 Å². The van der Waals surface area contributed by atoms with Crippen molar-refractivity contribution < 1.29 is 8.78 Å². The number of aromatic nitrogens is 2. The van der Waals surface area contributed by atoms with Gasteiger partial charge in [-0.05, 0) is 36.4 Å². The highest BCUT2D eigenvalue weighted by Crippen LogP contribution is 2.27. The molecule has 3 rings (SSSR count). The molecule has 3 aromatic rings. The summed E-state index contributed by atoms with van der Waals surface area (Å²) in [4.78, 5) is 0. The van der Waals surface area contributed by atoms with Crippen molar-refractivity contribution in [3.63, 3.8) is 0 Å². The molecule has 0 unspecified atom stereocenters. The lowest BCUT2D eigenvalue weighted by Crippen LogP contribution is -1.97. The molecule has 18 heavy (non-hydrogen) atoms. The van der Waals surface area contributed by atoms with Crippen LogP contribution in [0.15, 0.2) is 47.1 Å². The van der Waals surface area contributed by atoms with Crippen LogP contribution in [0.3, 0.4) is 0 Å². The Morgan fingerprint density at radius 2 is 1.72 bits per heavy atom. The third-order valence-corrected chi connectivity index (χ3v) is 3.39. The Hall–Kier alpha value is -1.75. The zero-order chi connectivity index (χ0) is 12.7. The highest BCUT2D eigenvalue weighted by Gasteiger charge is 2.12. The van der Waals surface area contributed by atoms with E-state index in [4.69, 9.17) is 0 Å². The summed E-state index contributed by atoms with van der Waals surface area (Å²) in [6.07, 6.45) is 1.58. The summed E-state index contributed by atoms with van der Waals surface area (Å²) in [5.41, 5.74) is 0.986. The Balaban J connectivity index is 2.30. The topological polar surface area (TPSA) is 17.8 Å². The van der Waals surface area contributed by atoms with Crippen LogP contribution >= 0.6 is 15.9 Å². The molecular formula is C13H7BrF2N2. The number of hydrogen-bond donors (Lipinski definition) is 0. The first kappa shape index (κ1) is 11.3. The Bertz CT molecular complexity index is 720. The molecule has 0 saturated heterocycles. The van der Waals surface area contributed by atoms with Gasteiger partial charge in [0.25, 0.3) is 0 Å². The molecule has 0 saturated carbocycles. The van der Waals surface area contributed by atoms with E-state index < -0.39 is 0 Å². The van der Waals surface area contributed by atoms with Gasteiger partial charge in [0.1, 0.15) is 17.2 Å². The van der Waals surface area contributed by atoms with Gasteiger partial charge in [0, 0.05) is 9.86 Å². The average molecular weight is 309 g/mol. The number of nitrogens with zero attached hydrogens (tertiary/aromatic N) is 2. The highest BCUT2D eigenvalue weighted by atomic mass is 79.9. The number of fused-ring (bicyclic) bond motifs is 1. The summed E-state index contributed by atoms with van der Waals surface area (Å²) in [6, 6.07) is 8.75. The Kier molecular flexibility index (Phi) is 2.63. The SMILES string of the molecule is Fc1ccc(-n2ncc3c(Br)ccc(F)c32)cc1. The minimum Gasteiger partial charge on any atom is -0.230 e. The van der Waals surface area contributed by atoms with Gasteiger partial charge in [-0.25, -0.2) is 13.5 Å². The number of halogens is 3. The van der Waals surface area contributed by atoms with Crippen molar-refractivity contribution in [3.8, 4) is 5.69 Å². The van der Waals surface area contributed by atoms with E-state index in [0.717, 1.165) is 4.47 Å². The zero-order valence-electron chi connectivity index (χ0n) is 9.07. The van der Waals surface area contributed by atoms with E-state index in [0.29, 0.717) is 16.6 Å². The van der Waals surface area contributed by atoms with Gasteiger partial charge in [-0.3, -0.25) is 0 Å². The summed E-state index contributed by atoms with van der Waals surface area (Å²) in [5.74, 6) is -0.702. The third-order valence-electron chi connectivity index (χ3n) is 2.70. The predicted octanol–water partition coefficient (Wildman–Crippen LogP) is 4.07. The quantitative estimate of drug-likeness (QED) is 0.662. The van der Waals surface area contributed by atoms with Gasteiger partial charge in [-0.15, -0.1) is 0 Å². The van der Waals surface area contributed by atoms with Crippen molar-refractivity contribution in [3.05, 3.63) is 58.7 Å². The van der Waals surface area contributed by atoms with Crippen LogP contribution in [0.25, 0.3) is 16.6 Å². The fourth-order valence-corrected chi connectivity index (χ4v) is 2.27. The summed E-state index contributed by atoms with van der Waals surface area (Å²) >= 11 is 3.35. The lowest BCUT2D eigenvalue weighted by Gasteiger charge is -2.04. The van der Waals surface area contributed by atoms with E-state index >= 15 is 0 Å². The van der Waals surface area contributed by atoms with Crippen molar-refractivity contribution in [2.24, 2.45) is 0 Å². The van der Waals surface area contributed by atoms with Crippen molar-refractivity contribution in [1.82, 2.24) is 9.78 Å². The lowest BCUT2D eigenvalue weighted by atomic mass is 10.2. The molecular weight excluding hydrogens is 302 g/mol. The molecule has 0 bridgehead atoms. The molecule has 0 amide bonds. The first-order valence-corrected chi connectivity index (χ1v) is 6.04. The summed E-state index contributed by atoms with van der Waals surface area (Å²) in [7, 11) is 0. The van der Waals surface area contributed by atoms with Crippen molar-refractivity contribution in [2.75, 3.05) is 0 Å². The first-order valence-electron chi connectivity index (χ1n) is 5.24. The van der Waals surface area contributed by atoms with Gasteiger partial charge in [-0.2, -0.15) is 5.10 Å². The molecule has 2 aromatic carbocycles. The van der Waals surface area contributed by atoms with Crippen LogP contribution in [-0.2, 0) is 0 Å². The van der Waals surface area contributed by atoms with Crippen LogP contribution in [0.4, 0.5) is 8.78 Å². The summed E-state index contributed by atoms with van der Waals surface area (Å²) < 4.78 is 29.0. The normalized spacial score (nSPS) is 11.1. The van der Waals surface area contributed by atoms with Crippen LogP contribution < -0.4 is 0 Å². The van der Waals surface area contributed by atoms with Gasteiger partial charge < -0.3 is 0 Å². The molecule has 1 heterocycles. The molecule has 90 valence electrons. The van der Waals surface area contributed by atoms with E-state index in [1.54, 1.807) is 24.4 Å². The number of benzene rings is 2. The van der Waals surface area contributed by atoms with E-state index in [1.165, 1.54) is 22.9 Å². The zero-order valence-corrected chi connectivity index (χ0v) is 10.7. The van der Waals surface area contributed by atoms with Crippen LogP contribution in [0, 0.1) is 11.6 Å². The largest absolute Gasteiger partial charge is 0.230 e. The Labute approximate surface area is 110 Å². The molecule has 0 aliphatic carbocycles. The number of rotatable bonds is 1. The van der Waals surface area contributed by atoms with E-state index in [9.17, 15) is 8.78 Å². The average Bonchev–Trinajstić information content (AvgIpc) is 2.81. The van der Waals surface area contributed by atoms with E-state index in [-0.39, 0.29) is 11.6 Å². The maximum absolute atomic E-state index is 13.9. The second-order valence-electron chi connectivity index (χ2n) is 3.82. The molecule has 0 aliphatic heterocycles. The minimum atomic E-state index is -0.366. The molecule has 0 radical (unpaired) electrons. The Morgan fingerprint density at radius 3 is 2.44 bits per heavy atom. The third kappa shape index (κ3) is 1.71. The summed E-state index contributed by atoms with van der Waals surface area (Å²) in [5, 5.41) is 4.82. The van der Waals surface area contributed by atoms with Gasteiger partial charge in [0.15, 0.2) is 0 Å². The predicted molar refractivity (Wildman–Crippen MR) is 68.7 cm³/mol. The standard InChI is InChI=1S/C13H7BrF2N2/c14-11-5-6-12(16)13-10(11)7-17-18(13)9-3-1-8(15)2-4-9/h1-7H. The molecule has 0 aliphatic rings. The number of hydrogen-bond acceptors (Lipinski definition) is 1. The van der Waals surface area contributed by atoms with Gasteiger partial charge in [0.05, 0.1) is 11.9 Å². The van der Waals surface area contributed by atoms with Crippen LogP contribution in [0.2, 0.25) is 0 Å². The molecule has 0 atom stereocenters. The van der Waals surface area contributed by atoms with E-state index in [1.807, 2.05) is 0 Å². The second-order valence-corrected chi connectivity index (χ2v) is 4.68. The molecule has 1 aromatic heterocycles. The first-order chi connectivity index (χ1) is 8.66.